The monoisotopic (exact) mass is 226 g/mol. The van der Waals surface area contributed by atoms with Crippen LogP contribution in [0.25, 0.3) is 0 Å². The molecule has 0 spiro atoms. The third-order valence-corrected chi connectivity index (χ3v) is 2.98. The van der Waals surface area contributed by atoms with Crippen LogP contribution < -0.4 is 0 Å². The van der Waals surface area contributed by atoms with Gasteiger partial charge < -0.3 is 0 Å². The Morgan fingerprint density at radius 1 is 1.57 bits per heavy atom. The molecule has 0 bridgehead atoms. The van der Waals surface area contributed by atoms with Gasteiger partial charge in [0.1, 0.15) is 10.0 Å². The molecule has 0 saturated carbocycles. The number of carbonyl (C=O) groups is 1. The van der Waals surface area contributed by atoms with Crippen molar-refractivity contribution in [2.45, 2.75) is 0 Å². The molecule has 3 nitrogen and oxygen atoms in total. The van der Waals surface area contributed by atoms with Gasteiger partial charge in [-0.3, -0.25) is 9.48 Å². The summed E-state index contributed by atoms with van der Waals surface area (Å²) >= 11 is 7.20. The average molecular weight is 227 g/mol. The van der Waals surface area contributed by atoms with Crippen molar-refractivity contribution in [2.75, 3.05) is 0 Å². The van der Waals surface area contributed by atoms with Crippen molar-refractivity contribution in [1.82, 2.24) is 9.78 Å². The number of rotatable bonds is 2. The first-order chi connectivity index (χ1) is 6.68. The number of carbonyl (C=O) groups excluding carboxylic acids is 1. The van der Waals surface area contributed by atoms with E-state index in [9.17, 15) is 4.79 Å². The molecule has 5 heteroatoms. The molecule has 2 rings (SSSR count). The SMILES string of the molecule is Cn1ccc(C(=O)c2ccsc2Cl)n1. The van der Waals surface area contributed by atoms with Gasteiger partial charge in [0.05, 0.1) is 5.56 Å². The fourth-order valence-corrected chi connectivity index (χ4v) is 2.04. The molecule has 0 amide bonds. The molecule has 2 heterocycles. The summed E-state index contributed by atoms with van der Waals surface area (Å²) in [7, 11) is 1.77. The summed E-state index contributed by atoms with van der Waals surface area (Å²) in [5.74, 6) is -0.128. The third kappa shape index (κ3) is 1.58. The van der Waals surface area contributed by atoms with E-state index in [2.05, 4.69) is 5.10 Å². The molecule has 72 valence electrons. The molecular formula is C9H7ClN2OS. The minimum atomic E-state index is -0.128. The first-order valence-electron chi connectivity index (χ1n) is 3.96. The predicted molar refractivity (Wildman–Crippen MR) is 56.0 cm³/mol. The van der Waals surface area contributed by atoms with Crippen molar-refractivity contribution >= 4 is 28.7 Å². The zero-order valence-electron chi connectivity index (χ0n) is 7.40. The Balaban J connectivity index is 2.38. The second-order valence-electron chi connectivity index (χ2n) is 2.81. The van der Waals surface area contributed by atoms with Gasteiger partial charge in [0.2, 0.25) is 5.78 Å². The van der Waals surface area contributed by atoms with Gasteiger partial charge >= 0.3 is 0 Å². The molecule has 0 fully saturated rings. The zero-order chi connectivity index (χ0) is 10.1. The number of thiophene rings is 1. The third-order valence-electron chi connectivity index (χ3n) is 1.81. The summed E-state index contributed by atoms with van der Waals surface area (Å²) in [6, 6.07) is 3.39. The van der Waals surface area contributed by atoms with E-state index in [0.29, 0.717) is 15.6 Å². The Kier molecular flexibility index (Phi) is 2.39. The van der Waals surface area contributed by atoms with E-state index < -0.39 is 0 Å². The maximum atomic E-state index is 11.8. The fraction of sp³-hybridized carbons (Fsp3) is 0.111. The molecular weight excluding hydrogens is 220 g/mol. The number of aryl methyl sites for hydroxylation is 1. The lowest BCUT2D eigenvalue weighted by Gasteiger charge is -1.93. The Bertz CT molecular complexity index is 475. The average Bonchev–Trinajstić information content (AvgIpc) is 2.73. The summed E-state index contributed by atoms with van der Waals surface area (Å²) < 4.78 is 2.11. The van der Waals surface area contributed by atoms with E-state index in [0.717, 1.165) is 0 Å². The van der Waals surface area contributed by atoms with Gasteiger partial charge in [-0.2, -0.15) is 5.10 Å². The van der Waals surface area contributed by atoms with Gasteiger partial charge in [-0.05, 0) is 17.5 Å². The van der Waals surface area contributed by atoms with Gasteiger partial charge in [-0.1, -0.05) is 11.6 Å². The number of ketones is 1. The Morgan fingerprint density at radius 2 is 2.36 bits per heavy atom. The van der Waals surface area contributed by atoms with Crippen LogP contribution in [0.2, 0.25) is 4.34 Å². The van der Waals surface area contributed by atoms with Crippen LogP contribution in [0.4, 0.5) is 0 Å². The highest BCUT2D eigenvalue weighted by atomic mass is 35.5. The minimum absolute atomic E-state index is 0.128. The molecule has 0 radical (unpaired) electrons. The molecule has 2 aromatic rings. The van der Waals surface area contributed by atoms with Crippen molar-refractivity contribution in [3.8, 4) is 0 Å². The highest BCUT2D eigenvalue weighted by molar-refractivity contribution is 7.14. The Morgan fingerprint density at radius 3 is 2.86 bits per heavy atom. The van der Waals surface area contributed by atoms with Crippen LogP contribution in [-0.2, 0) is 7.05 Å². The van der Waals surface area contributed by atoms with Gasteiger partial charge in [0.25, 0.3) is 0 Å². The number of aromatic nitrogens is 2. The first-order valence-corrected chi connectivity index (χ1v) is 5.21. The van der Waals surface area contributed by atoms with E-state index in [1.54, 1.807) is 35.4 Å². The number of hydrogen-bond acceptors (Lipinski definition) is 3. The lowest BCUT2D eigenvalue weighted by atomic mass is 10.2. The molecule has 0 aliphatic heterocycles. The lowest BCUT2D eigenvalue weighted by molar-refractivity contribution is 0.103. The summed E-state index contributed by atoms with van der Waals surface area (Å²) in [5.41, 5.74) is 0.947. The molecule has 0 unspecified atom stereocenters. The highest BCUT2D eigenvalue weighted by Crippen LogP contribution is 2.24. The van der Waals surface area contributed by atoms with Crippen molar-refractivity contribution in [3.63, 3.8) is 0 Å². The Labute approximate surface area is 89.9 Å². The van der Waals surface area contributed by atoms with Crippen molar-refractivity contribution in [1.29, 1.82) is 0 Å². The predicted octanol–water partition coefficient (Wildman–Crippen LogP) is 2.37. The topological polar surface area (TPSA) is 34.9 Å². The molecule has 0 atom stereocenters. The quantitative estimate of drug-likeness (QED) is 0.737. The minimum Gasteiger partial charge on any atom is -0.287 e. The molecule has 0 aliphatic rings. The van der Waals surface area contributed by atoms with E-state index in [1.807, 2.05) is 0 Å². The second kappa shape index (κ2) is 3.55. The van der Waals surface area contributed by atoms with E-state index >= 15 is 0 Å². The molecule has 0 N–H and O–H groups in total. The molecule has 2 aromatic heterocycles. The Hall–Kier alpha value is -1.13. The van der Waals surface area contributed by atoms with Crippen LogP contribution >= 0.6 is 22.9 Å². The van der Waals surface area contributed by atoms with Crippen LogP contribution in [0, 0.1) is 0 Å². The molecule has 14 heavy (non-hydrogen) atoms. The first kappa shape index (κ1) is 9.43. The molecule has 0 aliphatic carbocycles. The lowest BCUT2D eigenvalue weighted by Crippen LogP contribution is -2.02. The van der Waals surface area contributed by atoms with Crippen LogP contribution in [-0.4, -0.2) is 15.6 Å². The van der Waals surface area contributed by atoms with Crippen molar-refractivity contribution < 1.29 is 4.79 Å². The molecule has 0 saturated heterocycles. The van der Waals surface area contributed by atoms with Crippen LogP contribution in [0.3, 0.4) is 0 Å². The van der Waals surface area contributed by atoms with Crippen molar-refractivity contribution in [2.24, 2.45) is 7.05 Å². The largest absolute Gasteiger partial charge is 0.287 e. The zero-order valence-corrected chi connectivity index (χ0v) is 8.97. The number of nitrogens with zero attached hydrogens (tertiary/aromatic N) is 2. The summed E-state index contributed by atoms with van der Waals surface area (Å²) in [6.45, 7) is 0. The van der Waals surface area contributed by atoms with Gasteiger partial charge in [-0.25, -0.2) is 0 Å². The summed E-state index contributed by atoms with van der Waals surface area (Å²) in [6.07, 6.45) is 1.73. The standard InChI is InChI=1S/C9H7ClN2OS/c1-12-4-2-7(11-12)8(13)6-3-5-14-9(6)10/h2-5H,1H3. The van der Waals surface area contributed by atoms with Gasteiger partial charge in [0.15, 0.2) is 0 Å². The summed E-state index contributed by atoms with van der Waals surface area (Å²) in [4.78, 5) is 11.8. The maximum Gasteiger partial charge on any atom is 0.215 e. The van der Waals surface area contributed by atoms with Crippen molar-refractivity contribution in [3.05, 3.63) is 39.3 Å². The smallest absolute Gasteiger partial charge is 0.215 e. The van der Waals surface area contributed by atoms with E-state index in [1.165, 1.54) is 11.3 Å². The van der Waals surface area contributed by atoms with Crippen LogP contribution in [0.1, 0.15) is 16.1 Å². The normalized spacial score (nSPS) is 10.4. The van der Waals surface area contributed by atoms with Crippen LogP contribution in [0.5, 0.6) is 0 Å². The molecule has 0 aromatic carbocycles. The van der Waals surface area contributed by atoms with Crippen LogP contribution in [0.15, 0.2) is 23.7 Å². The second-order valence-corrected chi connectivity index (χ2v) is 4.33. The number of halogens is 1. The maximum absolute atomic E-state index is 11.8. The highest BCUT2D eigenvalue weighted by Gasteiger charge is 2.15. The van der Waals surface area contributed by atoms with Gasteiger partial charge in [0, 0.05) is 13.2 Å². The summed E-state index contributed by atoms with van der Waals surface area (Å²) in [5, 5.41) is 5.81. The number of hydrogen-bond donors (Lipinski definition) is 0. The van der Waals surface area contributed by atoms with E-state index in [4.69, 9.17) is 11.6 Å². The van der Waals surface area contributed by atoms with E-state index in [-0.39, 0.29) is 5.78 Å². The fourth-order valence-electron chi connectivity index (χ4n) is 1.13. The van der Waals surface area contributed by atoms with Gasteiger partial charge in [-0.15, -0.1) is 11.3 Å².